The maximum Gasteiger partial charge on any atom is 0.00310 e. The second-order valence-electron chi connectivity index (χ2n) is 16.2. The molecule has 50 heavy (non-hydrogen) atoms. The van der Waals surface area contributed by atoms with E-state index in [1.165, 1.54) is 263 Å². The molecule has 0 aromatic carbocycles. The summed E-state index contributed by atoms with van der Waals surface area (Å²) in [7, 11) is 2.01. The normalized spacial score (nSPS) is 11.7. The van der Waals surface area contributed by atoms with Crippen molar-refractivity contribution in [3.05, 3.63) is 12.3 Å². The molecule has 3 nitrogen and oxygen atoms in total. The second-order valence-corrected chi connectivity index (χ2v) is 16.2. The number of rotatable bonds is 44. The van der Waals surface area contributed by atoms with Gasteiger partial charge in [0.1, 0.15) is 0 Å². The number of unbranched alkanes of at least 4 members (excludes halogenated alkanes) is 29. The van der Waals surface area contributed by atoms with Gasteiger partial charge in [-0.3, -0.25) is 0 Å². The number of nitrogens with zero attached hydrogens (tertiary/aromatic N) is 2. The zero-order chi connectivity index (χ0) is 36.4. The van der Waals surface area contributed by atoms with Gasteiger partial charge in [0.05, 0.1) is 0 Å². The third-order valence-electron chi connectivity index (χ3n) is 11.2. The van der Waals surface area contributed by atoms with Crippen LogP contribution in [-0.4, -0.2) is 56.1 Å². The maximum atomic E-state index is 4.13. The van der Waals surface area contributed by atoms with Crippen LogP contribution < -0.4 is 5.32 Å². The van der Waals surface area contributed by atoms with Crippen LogP contribution in [0.3, 0.4) is 0 Å². The van der Waals surface area contributed by atoms with Gasteiger partial charge in [-0.25, -0.2) is 0 Å². The Morgan fingerprint density at radius 2 is 0.540 bits per heavy atom. The van der Waals surface area contributed by atoms with Crippen molar-refractivity contribution >= 4 is 0 Å². The van der Waals surface area contributed by atoms with Crippen LogP contribution >= 0.6 is 0 Å². The summed E-state index contributed by atoms with van der Waals surface area (Å²) >= 11 is 0. The average Bonchev–Trinajstić information content (AvgIpc) is 3.12. The van der Waals surface area contributed by atoms with Crippen molar-refractivity contribution in [2.45, 2.75) is 245 Å². The van der Waals surface area contributed by atoms with E-state index in [0.717, 1.165) is 6.42 Å². The van der Waals surface area contributed by atoms with Crippen LogP contribution in [0.5, 0.6) is 0 Å². The SMILES string of the molecule is C=C(CCCCCN(CCCCCCCCCCCC)CCCN(CCCCCCCCCCCC)CCCCCCCCCCCC)NC. The van der Waals surface area contributed by atoms with Crippen LogP contribution in [0.2, 0.25) is 0 Å². The molecule has 300 valence electrons. The summed E-state index contributed by atoms with van der Waals surface area (Å²) in [6.45, 7) is 19.0. The van der Waals surface area contributed by atoms with Gasteiger partial charge in [0.15, 0.2) is 0 Å². The lowest BCUT2D eigenvalue weighted by molar-refractivity contribution is 0.215. The molecular weight excluding hydrogens is 607 g/mol. The van der Waals surface area contributed by atoms with Crippen molar-refractivity contribution in [1.82, 2.24) is 15.1 Å². The average molecular weight is 704 g/mol. The Labute approximate surface area is 318 Å². The minimum Gasteiger partial charge on any atom is -0.392 e. The molecule has 0 aliphatic carbocycles. The van der Waals surface area contributed by atoms with Crippen molar-refractivity contribution in [3.8, 4) is 0 Å². The van der Waals surface area contributed by atoms with Gasteiger partial charge in [-0.1, -0.05) is 207 Å². The Morgan fingerprint density at radius 1 is 0.320 bits per heavy atom. The Kier molecular flexibility index (Phi) is 42.4. The topological polar surface area (TPSA) is 18.5 Å². The number of hydrogen-bond donors (Lipinski definition) is 1. The van der Waals surface area contributed by atoms with E-state index in [-0.39, 0.29) is 0 Å². The number of allylic oxidation sites excluding steroid dienone is 1. The molecule has 0 unspecified atom stereocenters. The minimum atomic E-state index is 1.13. The molecule has 0 fully saturated rings. The number of nitrogens with one attached hydrogen (secondary N) is 1. The van der Waals surface area contributed by atoms with E-state index in [1.807, 2.05) is 7.05 Å². The van der Waals surface area contributed by atoms with Crippen LogP contribution in [-0.2, 0) is 0 Å². The first-order valence-corrected chi connectivity index (χ1v) is 23.5. The van der Waals surface area contributed by atoms with E-state index >= 15 is 0 Å². The van der Waals surface area contributed by atoms with Gasteiger partial charge >= 0.3 is 0 Å². The highest BCUT2D eigenvalue weighted by molar-refractivity contribution is 4.88. The fourth-order valence-electron chi connectivity index (χ4n) is 7.63. The molecule has 0 saturated carbocycles. The third-order valence-corrected chi connectivity index (χ3v) is 11.2. The van der Waals surface area contributed by atoms with Crippen LogP contribution in [0.15, 0.2) is 12.3 Å². The molecule has 0 radical (unpaired) electrons. The Balaban J connectivity index is 4.61. The zero-order valence-corrected chi connectivity index (χ0v) is 35.6. The van der Waals surface area contributed by atoms with Crippen molar-refractivity contribution in [3.63, 3.8) is 0 Å². The summed E-state index contributed by atoms with van der Waals surface area (Å²) in [6, 6.07) is 0. The monoisotopic (exact) mass is 704 g/mol. The van der Waals surface area contributed by atoms with E-state index in [4.69, 9.17) is 0 Å². The molecule has 3 heteroatoms. The van der Waals surface area contributed by atoms with Crippen LogP contribution in [0, 0.1) is 0 Å². The van der Waals surface area contributed by atoms with Gasteiger partial charge in [0, 0.05) is 12.7 Å². The molecule has 0 aromatic rings. The summed E-state index contributed by atoms with van der Waals surface area (Å²) in [6.07, 6.45) is 49.5. The van der Waals surface area contributed by atoms with Gasteiger partial charge in [-0.05, 0) is 84.2 Å². The maximum absolute atomic E-state index is 4.13. The summed E-state index contributed by atoms with van der Waals surface area (Å²) in [4.78, 5) is 5.72. The van der Waals surface area contributed by atoms with Crippen LogP contribution in [0.25, 0.3) is 0 Å². The molecule has 0 aromatic heterocycles. The molecule has 0 saturated heterocycles. The quantitative estimate of drug-likeness (QED) is 0.0637. The third kappa shape index (κ3) is 38.7. The fraction of sp³-hybridized carbons (Fsp3) is 0.957. The smallest absolute Gasteiger partial charge is 0.00310 e. The summed E-state index contributed by atoms with van der Waals surface area (Å²) in [5.74, 6) is 0. The molecule has 0 spiro atoms. The highest BCUT2D eigenvalue weighted by Gasteiger charge is 2.09. The minimum absolute atomic E-state index is 1.13. The van der Waals surface area contributed by atoms with Crippen LogP contribution in [0.4, 0.5) is 0 Å². The van der Waals surface area contributed by atoms with Crippen molar-refractivity contribution in [2.24, 2.45) is 0 Å². The van der Waals surface area contributed by atoms with Gasteiger partial charge in [0.2, 0.25) is 0 Å². The van der Waals surface area contributed by atoms with Gasteiger partial charge in [-0.2, -0.15) is 0 Å². The van der Waals surface area contributed by atoms with E-state index < -0.39 is 0 Å². The summed E-state index contributed by atoms with van der Waals surface area (Å²) in [5.41, 5.74) is 1.19. The van der Waals surface area contributed by atoms with Gasteiger partial charge < -0.3 is 15.1 Å². The molecule has 0 rings (SSSR count). The van der Waals surface area contributed by atoms with Gasteiger partial charge in [0.25, 0.3) is 0 Å². The molecule has 0 amide bonds. The first kappa shape index (κ1) is 49.5. The largest absolute Gasteiger partial charge is 0.392 e. The Hall–Kier alpha value is -0.540. The molecule has 1 N–H and O–H groups in total. The number of hydrogen-bond acceptors (Lipinski definition) is 3. The lowest BCUT2D eigenvalue weighted by Gasteiger charge is -2.26. The highest BCUT2D eigenvalue weighted by atomic mass is 15.1. The molecular formula is C47H97N3. The van der Waals surface area contributed by atoms with Gasteiger partial charge in [-0.15, -0.1) is 0 Å². The Morgan fingerprint density at radius 3 is 0.800 bits per heavy atom. The van der Waals surface area contributed by atoms with Crippen molar-refractivity contribution < 1.29 is 0 Å². The molecule has 0 aliphatic heterocycles. The zero-order valence-electron chi connectivity index (χ0n) is 35.6. The summed E-state index contributed by atoms with van der Waals surface area (Å²) in [5, 5.41) is 3.23. The first-order chi connectivity index (χ1) is 24.7. The predicted octanol–water partition coefficient (Wildman–Crippen LogP) is 15.0. The van der Waals surface area contributed by atoms with E-state index in [0.29, 0.717) is 0 Å². The van der Waals surface area contributed by atoms with Crippen LogP contribution in [0.1, 0.15) is 245 Å². The summed E-state index contributed by atoms with van der Waals surface area (Å²) < 4.78 is 0. The molecule has 0 bridgehead atoms. The highest BCUT2D eigenvalue weighted by Crippen LogP contribution is 2.15. The lowest BCUT2D eigenvalue weighted by Crippen LogP contribution is -2.32. The second kappa shape index (κ2) is 42.9. The Bertz CT molecular complexity index is 610. The fourth-order valence-corrected chi connectivity index (χ4v) is 7.63. The molecule has 0 atom stereocenters. The molecule has 0 aliphatic rings. The van der Waals surface area contributed by atoms with Crippen molar-refractivity contribution in [2.75, 3.05) is 46.3 Å². The van der Waals surface area contributed by atoms with E-state index in [2.05, 4.69) is 42.5 Å². The molecule has 0 heterocycles. The first-order valence-electron chi connectivity index (χ1n) is 23.5. The standard InChI is InChI=1S/C47H97N3/c1-6-9-12-15-18-21-24-27-30-35-41-49(42-36-31-28-25-22-19-16-13-10-7-2)45-39-46-50(44-38-33-34-40-47(4)48-5)43-37-32-29-26-23-20-17-14-11-8-3/h48H,4,6-46H2,1-3,5H3. The predicted molar refractivity (Wildman–Crippen MR) is 230 cm³/mol. The van der Waals surface area contributed by atoms with E-state index in [9.17, 15) is 0 Å². The van der Waals surface area contributed by atoms with E-state index in [1.54, 1.807) is 0 Å². The lowest BCUT2D eigenvalue weighted by atomic mass is 10.1. The van der Waals surface area contributed by atoms with Crippen molar-refractivity contribution in [1.29, 1.82) is 0 Å².